The Kier molecular flexibility index (Phi) is 7.02. The molecular weight excluding hydrogens is 533 g/mol. The van der Waals surface area contributed by atoms with Gasteiger partial charge in [-0.2, -0.15) is 15.3 Å². The lowest BCUT2D eigenvalue weighted by Gasteiger charge is -2.44. The van der Waals surface area contributed by atoms with E-state index in [9.17, 15) is 10.1 Å². The first-order valence-corrected chi connectivity index (χ1v) is 14.1. The summed E-state index contributed by atoms with van der Waals surface area (Å²) in [4.78, 5) is 30.3. The first-order valence-electron chi connectivity index (χ1n) is 14.1. The number of aryl methyl sites for hydroxylation is 2. The van der Waals surface area contributed by atoms with Crippen molar-refractivity contribution in [1.29, 1.82) is 5.26 Å². The molecule has 42 heavy (non-hydrogen) atoms. The van der Waals surface area contributed by atoms with Crippen LogP contribution in [-0.4, -0.2) is 94.8 Å². The topological polar surface area (TPSA) is 108 Å². The van der Waals surface area contributed by atoms with Crippen LogP contribution >= 0.6 is 0 Å². The van der Waals surface area contributed by atoms with Gasteiger partial charge in [0.2, 0.25) is 11.9 Å². The molecule has 10 nitrogen and oxygen atoms in total. The minimum absolute atomic E-state index is 0.175. The number of carbonyl (C=O) groups excluding carboxylic acids is 1. The van der Waals surface area contributed by atoms with Gasteiger partial charge < -0.3 is 19.6 Å². The summed E-state index contributed by atoms with van der Waals surface area (Å²) in [5.41, 5.74) is 4.09. The molecule has 1 amide bonds. The summed E-state index contributed by atoms with van der Waals surface area (Å²) in [5.74, 6) is 0.493. The van der Waals surface area contributed by atoms with E-state index in [1.807, 2.05) is 46.1 Å². The van der Waals surface area contributed by atoms with E-state index >= 15 is 4.39 Å². The predicted octanol–water partition coefficient (Wildman–Crippen LogP) is 3.80. The van der Waals surface area contributed by atoms with Gasteiger partial charge in [0.15, 0.2) is 5.82 Å². The zero-order chi connectivity index (χ0) is 29.7. The summed E-state index contributed by atoms with van der Waals surface area (Å²) in [7, 11) is 4.09. The molecule has 0 saturated carbocycles. The Labute approximate surface area is 244 Å². The molecule has 2 fully saturated rings. The number of likely N-dealkylation sites (N-methyl/N-ethyl adjacent to an activating group) is 1. The Morgan fingerprint density at radius 3 is 2.64 bits per heavy atom. The van der Waals surface area contributed by atoms with Gasteiger partial charge in [-0.25, -0.2) is 9.37 Å². The molecule has 0 aliphatic carbocycles. The van der Waals surface area contributed by atoms with Crippen LogP contribution in [0.15, 0.2) is 37.1 Å². The number of amides is 1. The molecule has 0 spiro atoms. The number of nitriles is 1. The van der Waals surface area contributed by atoms with Crippen molar-refractivity contribution in [3.05, 3.63) is 54.0 Å². The van der Waals surface area contributed by atoms with Gasteiger partial charge in [0.1, 0.15) is 11.3 Å². The van der Waals surface area contributed by atoms with Gasteiger partial charge in [0.25, 0.3) is 0 Å². The predicted molar refractivity (Wildman–Crippen MR) is 162 cm³/mol. The fourth-order valence-electron chi connectivity index (χ4n) is 6.15. The van der Waals surface area contributed by atoms with Crippen LogP contribution in [0.3, 0.4) is 0 Å². The smallest absolute Gasteiger partial charge is 0.246 e. The number of fused-ring (bicyclic) bond motifs is 2. The monoisotopic (exact) mass is 567 g/mol. The van der Waals surface area contributed by atoms with E-state index in [2.05, 4.69) is 37.5 Å². The third-order valence-electron chi connectivity index (χ3n) is 8.62. The molecule has 2 aromatic carbocycles. The van der Waals surface area contributed by atoms with Crippen LogP contribution in [0.1, 0.15) is 17.5 Å². The van der Waals surface area contributed by atoms with Gasteiger partial charge in [-0.3, -0.25) is 9.89 Å². The minimum Gasteiger partial charge on any atom is -0.352 e. The Hall–Kier alpha value is -4.56. The van der Waals surface area contributed by atoms with Crippen molar-refractivity contribution in [3.63, 3.8) is 0 Å². The second-order valence-electron chi connectivity index (χ2n) is 11.4. The van der Waals surface area contributed by atoms with Gasteiger partial charge in [0.05, 0.1) is 30.2 Å². The van der Waals surface area contributed by atoms with Crippen molar-refractivity contribution < 1.29 is 9.18 Å². The Balaban J connectivity index is 1.52. The van der Waals surface area contributed by atoms with Crippen LogP contribution in [0.5, 0.6) is 0 Å². The maximum atomic E-state index is 16.9. The summed E-state index contributed by atoms with van der Waals surface area (Å²) >= 11 is 0. The third-order valence-corrected chi connectivity index (χ3v) is 8.62. The Bertz CT molecular complexity index is 1750. The fourth-order valence-corrected chi connectivity index (χ4v) is 6.15. The van der Waals surface area contributed by atoms with E-state index < -0.39 is 5.82 Å². The Morgan fingerprint density at radius 2 is 1.93 bits per heavy atom. The zero-order valence-electron chi connectivity index (χ0n) is 24.4. The van der Waals surface area contributed by atoms with E-state index in [-0.39, 0.29) is 23.9 Å². The number of halogens is 1. The van der Waals surface area contributed by atoms with Gasteiger partial charge in [0, 0.05) is 55.1 Å². The van der Waals surface area contributed by atoms with Crippen LogP contribution in [0.25, 0.3) is 32.9 Å². The number of nitrogens with zero attached hydrogens (tertiary/aromatic N) is 8. The highest BCUT2D eigenvalue weighted by molar-refractivity contribution is 6.02. The quantitative estimate of drug-likeness (QED) is 0.351. The molecule has 0 radical (unpaired) electrons. The number of benzene rings is 2. The fraction of sp³-hybridized carbons (Fsp3) is 0.387. The molecule has 2 aliphatic heterocycles. The average molecular weight is 568 g/mol. The lowest BCUT2D eigenvalue weighted by Crippen LogP contribution is -2.58. The lowest BCUT2D eigenvalue weighted by molar-refractivity contribution is -0.128. The molecule has 4 heterocycles. The van der Waals surface area contributed by atoms with E-state index in [4.69, 9.17) is 9.97 Å². The van der Waals surface area contributed by atoms with Gasteiger partial charge >= 0.3 is 0 Å². The van der Waals surface area contributed by atoms with Crippen molar-refractivity contribution in [2.24, 2.45) is 0 Å². The largest absolute Gasteiger partial charge is 0.352 e. The van der Waals surface area contributed by atoms with Crippen LogP contribution in [0.2, 0.25) is 0 Å². The van der Waals surface area contributed by atoms with Crippen molar-refractivity contribution in [1.82, 2.24) is 30.0 Å². The SMILES string of the molecule is C=CC(=O)N1CCN(c2nc(N3CC(N(C)C)C3)nc3c(F)c(-c4c(C)ccc5[nH]ncc45)c(C)cc23)CC1CC#N. The average Bonchev–Trinajstić information content (AvgIpc) is 3.42. The molecule has 11 heteroatoms. The third kappa shape index (κ3) is 4.52. The second kappa shape index (κ2) is 10.7. The van der Waals surface area contributed by atoms with Crippen LogP contribution < -0.4 is 9.80 Å². The molecule has 6 rings (SSSR count). The van der Waals surface area contributed by atoms with Crippen molar-refractivity contribution in [2.45, 2.75) is 32.4 Å². The summed E-state index contributed by atoms with van der Waals surface area (Å²) in [6.07, 6.45) is 3.19. The normalized spacial score (nSPS) is 17.6. The number of aromatic nitrogens is 4. The van der Waals surface area contributed by atoms with E-state index in [0.717, 1.165) is 40.7 Å². The van der Waals surface area contributed by atoms with Crippen LogP contribution in [-0.2, 0) is 4.79 Å². The highest BCUT2D eigenvalue weighted by Gasteiger charge is 2.35. The Morgan fingerprint density at radius 1 is 1.14 bits per heavy atom. The summed E-state index contributed by atoms with van der Waals surface area (Å²) < 4.78 is 16.9. The highest BCUT2D eigenvalue weighted by Crippen LogP contribution is 2.40. The second-order valence-corrected chi connectivity index (χ2v) is 11.4. The maximum Gasteiger partial charge on any atom is 0.246 e. The van der Waals surface area contributed by atoms with Crippen LogP contribution in [0, 0.1) is 31.0 Å². The van der Waals surface area contributed by atoms with Crippen molar-refractivity contribution in [2.75, 3.05) is 56.6 Å². The van der Waals surface area contributed by atoms with E-state index in [1.165, 1.54) is 6.08 Å². The minimum atomic E-state index is -0.398. The number of carbonyl (C=O) groups is 1. The molecular formula is C31H34FN9O. The molecule has 2 aliphatic rings. The number of H-pyrrole nitrogens is 1. The maximum absolute atomic E-state index is 16.9. The van der Waals surface area contributed by atoms with E-state index in [1.54, 1.807) is 11.1 Å². The number of aromatic amines is 1. The number of piperazine rings is 1. The van der Waals surface area contributed by atoms with Crippen molar-refractivity contribution >= 4 is 39.5 Å². The summed E-state index contributed by atoms with van der Waals surface area (Å²) in [6.45, 7) is 10.3. The number of nitrogens with one attached hydrogen (secondary N) is 1. The van der Waals surface area contributed by atoms with Gasteiger partial charge in [-0.1, -0.05) is 12.6 Å². The molecule has 1 unspecified atom stereocenters. The van der Waals surface area contributed by atoms with E-state index in [0.29, 0.717) is 48.4 Å². The van der Waals surface area contributed by atoms with Gasteiger partial charge in [-0.05, 0) is 62.8 Å². The summed E-state index contributed by atoms with van der Waals surface area (Å²) in [6, 6.07) is 8.12. The molecule has 4 aromatic rings. The first-order chi connectivity index (χ1) is 20.2. The molecule has 0 bridgehead atoms. The summed E-state index contributed by atoms with van der Waals surface area (Å²) in [5, 5.41) is 18.2. The number of rotatable bonds is 6. The highest BCUT2D eigenvalue weighted by atomic mass is 19.1. The molecule has 1 N–H and O–H groups in total. The van der Waals surface area contributed by atoms with Crippen LogP contribution in [0.4, 0.5) is 16.2 Å². The number of hydrogen-bond acceptors (Lipinski definition) is 8. The molecule has 216 valence electrons. The van der Waals surface area contributed by atoms with Crippen molar-refractivity contribution in [3.8, 4) is 17.2 Å². The molecule has 1 atom stereocenters. The van der Waals surface area contributed by atoms with Gasteiger partial charge in [-0.15, -0.1) is 0 Å². The lowest BCUT2D eigenvalue weighted by atomic mass is 9.92. The standard InChI is InChI=1S/C31H34FN9O/c1-6-25(42)41-12-11-39(15-20(41)9-10-33)30-22-13-19(3)27(26-18(2)7-8-24-23(26)14-34-37-24)28(32)29(22)35-31(36-30)40-16-21(17-40)38(4)5/h6-8,13-14,20-21H,1,9,11-12,15-17H2,2-5H3,(H,34,37). The molecule has 2 aromatic heterocycles. The number of anilines is 2. The zero-order valence-corrected chi connectivity index (χ0v) is 24.4. The first kappa shape index (κ1) is 27.6. The molecule has 2 saturated heterocycles. The number of hydrogen-bond donors (Lipinski definition) is 1.